The molecule has 0 saturated carbocycles. The third-order valence-corrected chi connectivity index (χ3v) is 3.00. The number of nitrogens with two attached hydrogens (primary N) is 1. The van der Waals surface area contributed by atoms with Gasteiger partial charge in [-0.05, 0) is 17.7 Å². The van der Waals surface area contributed by atoms with E-state index in [0.717, 1.165) is 5.56 Å². The van der Waals surface area contributed by atoms with Crippen LogP contribution in [0.5, 0.6) is 0 Å². The van der Waals surface area contributed by atoms with Gasteiger partial charge in [-0.25, -0.2) is 4.79 Å². The van der Waals surface area contributed by atoms with Gasteiger partial charge in [0.05, 0.1) is 10.0 Å². The Labute approximate surface area is 120 Å². The second-order valence-electron chi connectivity index (χ2n) is 3.50. The van der Waals surface area contributed by atoms with Gasteiger partial charge in [0, 0.05) is 25.4 Å². The first-order valence-corrected chi connectivity index (χ1v) is 5.94. The van der Waals surface area contributed by atoms with Crippen LogP contribution < -0.4 is 11.1 Å². The van der Waals surface area contributed by atoms with Gasteiger partial charge in [0.1, 0.15) is 0 Å². The largest absolute Gasteiger partial charge is 0.368 e. The Hall–Kier alpha value is -1.17. The van der Waals surface area contributed by atoms with Crippen molar-refractivity contribution < 1.29 is 4.79 Å². The van der Waals surface area contributed by atoms with Crippen molar-refractivity contribution in [2.24, 2.45) is 10.2 Å². The third-order valence-electron chi connectivity index (χ3n) is 2.08. The summed E-state index contributed by atoms with van der Waals surface area (Å²) in [6.45, 7) is 0.346. The second-order valence-corrected chi connectivity index (χ2v) is 4.49. The molecule has 0 atom stereocenters. The van der Waals surface area contributed by atoms with E-state index in [1.54, 1.807) is 25.2 Å². The number of hydrogen-bond donors (Lipinski definition) is 2. The first-order chi connectivity index (χ1) is 8.43. The lowest BCUT2D eigenvalue weighted by molar-refractivity contribution is 0.212. The summed E-state index contributed by atoms with van der Waals surface area (Å²) in [6.07, 6.45) is 0. The van der Waals surface area contributed by atoms with Crippen LogP contribution in [0.15, 0.2) is 22.7 Å². The summed E-state index contributed by atoms with van der Waals surface area (Å²) in [5, 5.41) is 3.20. The number of nitrogens with one attached hydrogen (secondary N) is 1. The number of nitrogens with zero attached hydrogens (tertiary/aromatic N) is 2. The maximum atomic E-state index is 11.6. The van der Waals surface area contributed by atoms with Crippen LogP contribution in [-0.2, 0) is 6.54 Å². The molecule has 0 aliphatic carbocycles. The van der Waals surface area contributed by atoms with Crippen molar-refractivity contribution in [2.75, 3.05) is 7.05 Å². The monoisotopic (exact) mass is 308 g/mol. The number of guanidine groups is 1. The van der Waals surface area contributed by atoms with Crippen LogP contribution in [0.25, 0.3) is 0 Å². The molecule has 2 amide bonds. The Bertz CT molecular complexity index is 478. The quantitative estimate of drug-likeness (QED) is 0.651. The predicted octanol–water partition coefficient (Wildman–Crippen LogP) is 2.60. The standard InChI is InChI=1S/C10H11Cl3N4O/c1-17(10(18)15-9(14)16-13)5-6-2-3-7(11)8(12)4-6/h2-4H,5H2,1H3,(H3,14,15,16,18). The molecule has 98 valence electrons. The molecule has 3 N–H and O–H groups in total. The molecule has 0 aromatic heterocycles. The van der Waals surface area contributed by atoms with E-state index in [1.165, 1.54) is 4.90 Å². The van der Waals surface area contributed by atoms with Crippen LogP contribution in [0.4, 0.5) is 4.79 Å². The van der Waals surface area contributed by atoms with E-state index in [1.807, 2.05) is 0 Å². The zero-order valence-corrected chi connectivity index (χ0v) is 11.7. The van der Waals surface area contributed by atoms with Gasteiger partial charge in [0.2, 0.25) is 5.96 Å². The fourth-order valence-electron chi connectivity index (χ4n) is 1.21. The highest BCUT2D eigenvalue weighted by Crippen LogP contribution is 2.23. The van der Waals surface area contributed by atoms with Gasteiger partial charge in [-0.2, -0.15) is 0 Å². The molecule has 0 unspecified atom stereocenters. The molecule has 0 spiro atoms. The molecular formula is C10H11Cl3N4O. The summed E-state index contributed by atoms with van der Waals surface area (Å²) < 4.78 is 3.11. The summed E-state index contributed by atoms with van der Waals surface area (Å²) in [6, 6.07) is 4.70. The van der Waals surface area contributed by atoms with Crippen LogP contribution >= 0.6 is 35.0 Å². The van der Waals surface area contributed by atoms with Gasteiger partial charge in [-0.1, -0.05) is 29.3 Å². The van der Waals surface area contributed by atoms with Crippen molar-refractivity contribution in [1.29, 1.82) is 0 Å². The number of amides is 2. The summed E-state index contributed by atoms with van der Waals surface area (Å²) >= 11 is 16.8. The predicted molar refractivity (Wildman–Crippen MR) is 73.9 cm³/mol. The van der Waals surface area contributed by atoms with Gasteiger partial charge < -0.3 is 10.6 Å². The molecule has 1 aromatic rings. The smallest absolute Gasteiger partial charge is 0.324 e. The maximum absolute atomic E-state index is 11.6. The first-order valence-electron chi connectivity index (χ1n) is 4.84. The molecule has 1 rings (SSSR count). The molecule has 0 aliphatic heterocycles. The molecular weight excluding hydrogens is 298 g/mol. The van der Waals surface area contributed by atoms with E-state index in [2.05, 4.69) is 9.83 Å². The van der Waals surface area contributed by atoms with E-state index in [4.69, 9.17) is 40.7 Å². The third kappa shape index (κ3) is 4.25. The molecule has 8 heteroatoms. The fraction of sp³-hybridized carbons (Fsp3) is 0.200. The highest BCUT2D eigenvalue weighted by molar-refractivity contribution is 6.42. The van der Waals surface area contributed by atoms with Crippen molar-refractivity contribution in [3.05, 3.63) is 33.8 Å². The minimum Gasteiger partial charge on any atom is -0.368 e. The molecule has 0 aliphatic rings. The molecule has 0 fully saturated rings. The molecule has 0 radical (unpaired) electrons. The minimum atomic E-state index is -0.428. The highest BCUT2D eigenvalue weighted by Gasteiger charge is 2.10. The zero-order valence-electron chi connectivity index (χ0n) is 9.45. The minimum absolute atomic E-state index is 0.164. The Morgan fingerprint density at radius 3 is 2.67 bits per heavy atom. The van der Waals surface area contributed by atoms with E-state index in [0.29, 0.717) is 16.6 Å². The first kappa shape index (κ1) is 14.9. The number of halogens is 3. The number of carbonyl (C=O) groups is 1. The number of hydrogen-bond acceptors (Lipinski definition) is 2. The summed E-state index contributed by atoms with van der Waals surface area (Å²) in [5.74, 6) is -0.164. The van der Waals surface area contributed by atoms with Gasteiger partial charge in [0.15, 0.2) is 0 Å². The number of urea groups is 1. The summed E-state index contributed by atoms with van der Waals surface area (Å²) in [7, 11) is 1.60. The van der Waals surface area contributed by atoms with Crippen molar-refractivity contribution in [2.45, 2.75) is 6.54 Å². The Kier molecular flexibility index (Phi) is 5.53. The van der Waals surface area contributed by atoms with Crippen LogP contribution in [0.1, 0.15) is 5.56 Å². The molecule has 0 bridgehead atoms. The lowest BCUT2D eigenvalue weighted by Crippen LogP contribution is -2.43. The number of benzene rings is 1. The van der Waals surface area contributed by atoms with E-state index in [9.17, 15) is 4.79 Å². The van der Waals surface area contributed by atoms with Gasteiger partial charge in [-0.15, -0.1) is 4.51 Å². The van der Waals surface area contributed by atoms with E-state index in [-0.39, 0.29) is 5.96 Å². The normalized spacial score (nSPS) is 11.2. The molecule has 5 nitrogen and oxygen atoms in total. The molecule has 0 heterocycles. The molecule has 1 aromatic carbocycles. The maximum Gasteiger partial charge on any atom is 0.324 e. The number of carbonyl (C=O) groups excluding carboxylic acids is 1. The van der Waals surface area contributed by atoms with Crippen LogP contribution in [0.2, 0.25) is 10.0 Å². The lowest BCUT2D eigenvalue weighted by Gasteiger charge is -2.17. The topological polar surface area (TPSA) is 70.7 Å². The lowest BCUT2D eigenvalue weighted by atomic mass is 10.2. The van der Waals surface area contributed by atoms with E-state index < -0.39 is 6.03 Å². The van der Waals surface area contributed by atoms with Crippen molar-refractivity contribution >= 4 is 47.0 Å². The summed E-state index contributed by atoms with van der Waals surface area (Å²) in [5.41, 5.74) is 6.11. The molecule has 18 heavy (non-hydrogen) atoms. The second kappa shape index (κ2) is 6.68. The fourth-order valence-corrected chi connectivity index (χ4v) is 1.57. The van der Waals surface area contributed by atoms with Crippen molar-refractivity contribution in [1.82, 2.24) is 10.2 Å². The Morgan fingerprint density at radius 2 is 2.11 bits per heavy atom. The Balaban J connectivity index is 2.66. The van der Waals surface area contributed by atoms with Gasteiger partial charge in [-0.3, -0.25) is 5.32 Å². The SMILES string of the molecule is CN(Cc1ccc(Cl)c(Cl)c1)C(=O)NC(N)=NCl. The van der Waals surface area contributed by atoms with Crippen LogP contribution in [0, 0.1) is 0 Å². The zero-order chi connectivity index (χ0) is 13.7. The number of rotatable bonds is 2. The highest BCUT2D eigenvalue weighted by atomic mass is 35.5. The van der Waals surface area contributed by atoms with Gasteiger partial charge >= 0.3 is 6.03 Å². The van der Waals surface area contributed by atoms with Gasteiger partial charge in [0.25, 0.3) is 0 Å². The van der Waals surface area contributed by atoms with Crippen LogP contribution in [0.3, 0.4) is 0 Å². The summed E-state index contributed by atoms with van der Waals surface area (Å²) in [4.78, 5) is 13.0. The van der Waals surface area contributed by atoms with Crippen LogP contribution in [-0.4, -0.2) is 23.9 Å². The average molecular weight is 310 g/mol. The molecule has 0 saturated heterocycles. The van der Waals surface area contributed by atoms with Crippen molar-refractivity contribution in [3.63, 3.8) is 0 Å². The van der Waals surface area contributed by atoms with Crippen molar-refractivity contribution in [3.8, 4) is 0 Å². The van der Waals surface area contributed by atoms with E-state index >= 15 is 0 Å². The average Bonchev–Trinajstić information content (AvgIpc) is 2.33. The Morgan fingerprint density at radius 1 is 1.44 bits per heavy atom.